The fraction of sp³-hybridized carbons (Fsp3) is 0.458. The highest BCUT2D eigenvalue weighted by Crippen LogP contribution is 2.43. The predicted octanol–water partition coefficient (Wildman–Crippen LogP) is 3.07. The van der Waals surface area contributed by atoms with Crippen LogP contribution >= 0.6 is 12.4 Å². The van der Waals surface area contributed by atoms with Crippen molar-refractivity contribution in [1.82, 2.24) is 4.90 Å². The van der Waals surface area contributed by atoms with E-state index in [-0.39, 0.29) is 36.3 Å². The van der Waals surface area contributed by atoms with Crippen molar-refractivity contribution < 1.29 is 24.1 Å². The fourth-order valence-corrected chi connectivity index (χ4v) is 4.94. The largest absolute Gasteiger partial charge is 0.497 e. The van der Waals surface area contributed by atoms with E-state index in [0.29, 0.717) is 18.9 Å². The van der Waals surface area contributed by atoms with Gasteiger partial charge in [0.1, 0.15) is 18.5 Å². The molecule has 0 aliphatic carbocycles. The number of methoxy groups -OCH3 is 1. The van der Waals surface area contributed by atoms with Crippen LogP contribution in [0.4, 0.5) is 5.69 Å². The van der Waals surface area contributed by atoms with Gasteiger partial charge in [-0.2, -0.15) is 0 Å². The molecule has 3 atom stereocenters. The lowest BCUT2D eigenvalue weighted by atomic mass is 9.80. The summed E-state index contributed by atoms with van der Waals surface area (Å²) in [5, 5.41) is 13.7. The third-order valence-corrected chi connectivity index (χ3v) is 6.64. The number of hydrogen-bond acceptors (Lipinski definition) is 6. The molecule has 2 aromatic rings. The Labute approximate surface area is 194 Å². The first-order valence-corrected chi connectivity index (χ1v) is 10.9. The molecule has 2 aromatic carbocycles. The van der Waals surface area contributed by atoms with Gasteiger partial charge in [0, 0.05) is 12.2 Å². The van der Waals surface area contributed by atoms with Gasteiger partial charge in [0.2, 0.25) is 5.91 Å². The highest BCUT2D eigenvalue weighted by atomic mass is 35.5. The van der Waals surface area contributed by atoms with Gasteiger partial charge < -0.3 is 29.5 Å². The monoisotopic (exact) mass is 460 g/mol. The molecule has 32 heavy (non-hydrogen) atoms. The van der Waals surface area contributed by atoms with Crippen molar-refractivity contribution in [3.05, 3.63) is 48.0 Å². The minimum absolute atomic E-state index is 0. The lowest BCUT2D eigenvalue weighted by Gasteiger charge is -2.37. The second-order valence-corrected chi connectivity index (χ2v) is 8.54. The quantitative estimate of drug-likeness (QED) is 0.713. The highest BCUT2D eigenvalue weighted by Gasteiger charge is 2.39. The van der Waals surface area contributed by atoms with Gasteiger partial charge in [-0.3, -0.25) is 4.79 Å². The molecule has 172 valence electrons. The molecule has 0 spiro atoms. The topological polar surface area (TPSA) is 80.3 Å². The maximum Gasteiger partial charge on any atom is 0.232 e. The standard InChI is InChI=1S/C24H28N2O5.ClH/c1-29-16-6-7-18-17(12-16)23(24(28)25-18)15-8-10-26(11-9-15)13-19(27)22-14-30-20-4-2-3-5-21(20)31-22;/h2-7,12,15,19,22-23,27H,8-11,13-14H2,1H3,(H,25,28);1H. The fourth-order valence-electron chi connectivity index (χ4n) is 4.94. The molecule has 7 nitrogen and oxygen atoms in total. The summed E-state index contributed by atoms with van der Waals surface area (Å²) >= 11 is 0. The van der Waals surface area contributed by atoms with Gasteiger partial charge in [0.05, 0.1) is 13.0 Å². The van der Waals surface area contributed by atoms with Gasteiger partial charge in [0.25, 0.3) is 0 Å². The smallest absolute Gasteiger partial charge is 0.232 e. The molecule has 0 saturated carbocycles. The summed E-state index contributed by atoms with van der Waals surface area (Å²) in [6.45, 7) is 2.56. The van der Waals surface area contributed by atoms with Crippen molar-refractivity contribution in [1.29, 1.82) is 0 Å². The van der Waals surface area contributed by atoms with Gasteiger partial charge in [0.15, 0.2) is 17.6 Å². The number of benzene rings is 2. The Hall–Kier alpha value is -2.48. The number of anilines is 1. The van der Waals surface area contributed by atoms with Gasteiger partial charge in [-0.1, -0.05) is 12.1 Å². The number of nitrogens with zero attached hydrogens (tertiary/aromatic N) is 1. The van der Waals surface area contributed by atoms with Crippen molar-refractivity contribution in [2.24, 2.45) is 5.92 Å². The van der Waals surface area contributed by atoms with Crippen LogP contribution in [0.2, 0.25) is 0 Å². The molecular formula is C24H29ClN2O5. The number of β-amino-alcohol motifs (C(OH)–C–C–N with tert-alkyl or cyclic N) is 1. The Morgan fingerprint density at radius 3 is 2.69 bits per heavy atom. The Balaban J connectivity index is 0.00000245. The lowest BCUT2D eigenvalue weighted by Crippen LogP contribution is -2.48. The molecule has 0 radical (unpaired) electrons. The lowest BCUT2D eigenvalue weighted by molar-refractivity contribution is -0.118. The van der Waals surface area contributed by atoms with E-state index in [1.165, 1.54) is 0 Å². The van der Waals surface area contributed by atoms with E-state index in [1.807, 2.05) is 42.5 Å². The molecule has 0 bridgehead atoms. The van der Waals surface area contributed by atoms with Crippen LogP contribution in [0.1, 0.15) is 24.3 Å². The van der Waals surface area contributed by atoms with E-state index in [2.05, 4.69) is 10.2 Å². The van der Waals surface area contributed by atoms with E-state index in [9.17, 15) is 9.90 Å². The van der Waals surface area contributed by atoms with Crippen molar-refractivity contribution >= 4 is 24.0 Å². The van der Waals surface area contributed by atoms with E-state index in [1.54, 1.807) is 7.11 Å². The minimum atomic E-state index is -0.635. The number of halogens is 1. The van der Waals surface area contributed by atoms with Crippen LogP contribution in [0.25, 0.3) is 0 Å². The number of hydrogen-bond donors (Lipinski definition) is 2. The van der Waals surface area contributed by atoms with E-state index in [0.717, 1.165) is 48.7 Å². The maximum atomic E-state index is 12.7. The number of likely N-dealkylation sites (tertiary alicyclic amines) is 1. The van der Waals surface area contributed by atoms with Crippen LogP contribution in [0.3, 0.4) is 0 Å². The van der Waals surface area contributed by atoms with Crippen LogP contribution < -0.4 is 19.5 Å². The number of amides is 1. The molecule has 1 amide bonds. The van der Waals surface area contributed by atoms with Crippen molar-refractivity contribution in [2.45, 2.75) is 31.0 Å². The first kappa shape index (κ1) is 22.7. The molecule has 3 aliphatic heterocycles. The van der Waals surface area contributed by atoms with E-state index >= 15 is 0 Å². The zero-order valence-corrected chi connectivity index (χ0v) is 18.8. The molecule has 0 aromatic heterocycles. The molecule has 3 unspecified atom stereocenters. The molecule has 8 heteroatoms. The molecule has 3 heterocycles. The number of para-hydroxylation sites is 2. The summed E-state index contributed by atoms with van der Waals surface area (Å²) in [6, 6.07) is 13.3. The van der Waals surface area contributed by atoms with Crippen LogP contribution in [0, 0.1) is 5.92 Å². The summed E-state index contributed by atoms with van der Waals surface area (Å²) in [7, 11) is 1.64. The summed E-state index contributed by atoms with van der Waals surface area (Å²) in [4.78, 5) is 14.9. The second kappa shape index (κ2) is 9.57. The number of nitrogens with one attached hydrogen (secondary N) is 1. The number of aliphatic hydroxyl groups excluding tert-OH is 1. The molecule has 5 rings (SSSR count). The summed E-state index contributed by atoms with van der Waals surface area (Å²) in [6.07, 6.45) is 0.802. The van der Waals surface area contributed by atoms with Crippen LogP contribution in [-0.2, 0) is 4.79 Å². The van der Waals surface area contributed by atoms with Crippen LogP contribution in [0.15, 0.2) is 42.5 Å². The summed E-state index contributed by atoms with van der Waals surface area (Å²) in [5.41, 5.74) is 1.93. The van der Waals surface area contributed by atoms with Gasteiger partial charge >= 0.3 is 0 Å². The van der Waals surface area contributed by atoms with E-state index in [4.69, 9.17) is 14.2 Å². The SMILES string of the molecule is COc1ccc2c(c1)C(C1CCN(CC(O)C3COc4ccccc4O3)CC1)C(=O)N2.Cl. The predicted molar refractivity (Wildman–Crippen MR) is 123 cm³/mol. The second-order valence-electron chi connectivity index (χ2n) is 8.54. The maximum absolute atomic E-state index is 12.7. The Morgan fingerprint density at radius 2 is 1.94 bits per heavy atom. The number of carbonyl (C=O) groups excluding carboxylic acids is 1. The normalized spacial score (nSPS) is 23.6. The highest BCUT2D eigenvalue weighted by molar-refractivity contribution is 6.03. The molecule has 1 saturated heterocycles. The molecule has 1 fully saturated rings. The van der Waals surface area contributed by atoms with Crippen LogP contribution in [-0.4, -0.2) is 61.5 Å². The zero-order valence-electron chi connectivity index (χ0n) is 18.0. The third-order valence-electron chi connectivity index (χ3n) is 6.64. The Bertz CT molecular complexity index is 963. The zero-order chi connectivity index (χ0) is 21.4. The molecule has 2 N–H and O–H groups in total. The number of fused-ring (bicyclic) bond motifs is 2. The molecule has 3 aliphatic rings. The Morgan fingerprint density at radius 1 is 1.19 bits per heavy atom. The number of piperidine rings is 1. The molecular weight excluding hydrogens is 432 g/mol. The minimum Gasteiger partial charge on any atom is -0.497 e. The summed E-state index contributed by atoms with van der Waals surface area (Å²) < 4.78 is 17.0. The first-order valence-electron chi connectivity index (χ1n) is 10.9. The average molecular weight is 461 g/mol. The van der Waals surface area contributed by atoms with Crippen LogP contribution in [0.5, 0.6) is 17.2 Å². The van der Waals surface area contributed by atoms with Gasteiger partial charge in [-0.15, -0.1) is 12.4 Å². The number of ether oxygens (including phenoxy) is 3. The summed E-state index contributed by atoms with van der Waals surface area (Å²) in [5.74, 6) is 2.40. The van der Waals surface area contributed by atoms with Gasteiger partial charge in [-0.25, -0.2) is 0 Å². The number of carbonyl (C=O) groups is 1. The van der Waals surface area contributed by atoms with Gasteiger partial charge in [-0.05, 0) is 67.7 Å². The third kappa shape index (κ3) is 4.37. The van der Waals surface area contributed by atoms with E-state index < -0.39 is 6.10 Å². The number of rotatable bonds is 5. The van der Waals surface area contributed by atoms with Crippen molar-refractivity contribution in [2.75, 3.05) is 38.7 Å². The Kier molecular flexibility index (Phi) is 6.79. The van der Waals surface area contributed by atoms with Crippen molar-refractivity contribution in [3.8, 4) is 17.2 Å². The van der Waals surface area contributed by atoms with Crippen molar-refractivity contribution in [3.63, 3.8) is 0 Å². The number of aliphatic hydroxyl groups is 1. The average Bonchev–Trinajstić information content (AvgIpc) is 3.14. The first-order chi connectivity index (χ1) is 15.1.